The van der Waals surface area contributed by atoms with Crippen molar-refractivity contribution in [1.82, 2.24) is 9.78 Å². The first-order valence-corrected chi connectivity index (χ1v) is 7.37. The number of non-ortho nitro benzene ring substituents is 1. The third-order valence-electron chi connectivity index (χ3n) is 3.40. The molecule has 24 heavy (non-hydrogen) atoms. The summed E-state index contributed by atoms with van der Waals surface area (Å²) in [6.07, 6.45) is 1.52. The van der Waals surface area contributed by atoms with Gasteiger partial charge in [-0.2, -0.15) is 10.2 Å². The highest BCUT2D eigenvalue weighted by Gasteiger charge is 2.05. The second kappa shape index (κ2) is 6.59. The Hall–Kier alpha value is -3.06. The molecule has 8 heteroatoms. The molecule has 7 nitrogen and oxygen atoms in total. The third-order valence-corrected chi connectivity index (χ3v) is 3.68. The maximum Gasteiger partial charge on any atom is 0.269 e. The van der Waals surface area contributed by atoms with Gasteiger partial charge in [-0.25, -0.2) is 4.68 Å². The van der Waals surface area contributed by atoms with Gasteiger partial charge in [-0.1, -0.05) is 35.9 Å². The predicted octanol–water partition coefficient (Wildman–Crippen LogP) is 3.07. The minimum Gasteiger partial charge on any atom is -0.258 e. The highest BCUT2D eigenvalue weighted by atomic mass is 35.5. The molecule has 0 aliphatic heterocycles. The SMILES string of the molecule is Cn1nc(Cl)c2ccccc2/c1=N/N=C/c1ccc([N+](=O)[O-])cc1. The number of halogens is 1. The first-order valence-electron chi connectivity index (χ1n) is 6.99. The van der Waals surface area contributed by atoms with Crippen molar-refractivity contribution in [3.05, 3.63) is 74.8 Å². The maximum absolute atomic E-state index is 10.6. The molecule has 3 aromatic rings. The van der Waals surface area contributed by atoms with Gasteiger partial charge in [-0.3, -0.25) is 10.1 Å². The lowest BCUT2D eigenvalue weighted by Gasteiger charge is -2.04. The summed E-state index contributed by atoms with van der Waals surface area (Å²) in [7, 11) is 1.73. The van der Waals surface area contributed by atoms with Crippen LogP contribution in [0.25, 0.3) is 10.8 Å². The molecular weight excluding hydrogens is 330 g/mol. The molecule has 3 rings (SSSR count). The number of fused-ring (bicyclic) bond motifs is 1. The largest absolute Gasteiger partial charge is 0.269 e. The van der Waals surface area contributed by atoms with Gasteiger partial charge in [0.2, 0.25) is 0 Å². The fourth-order valence-corrected chi connectivity index (χ4v) is 2.49. The smallest absolute Gasteiger partial charge is 0.258 e. The Balaban J connectivity index is 2.00. The monoisotopic (exact) mass is 341 g/mol. The summed E-state index contributed by atoms with van der Waals surface area (Å²) >= 11 is 6.14. The average Bonchev–Trinajstić information content (AvgIpc) is 2.58. The van der Waals surface area contributed by atoms with Crippen molar-refractivity contribution in [2.24, 2.45) is 17.3 Å². The zero-order chi connectivity index (χ0) is 17.1. The first kappa shape index (κ1) is 15.8. The summed E-state index contributed by atoms with van der Waals surface area (Å²) < 4.78 is 1.55. The number of aryl methyl sites for hydroxylation is 1. The van der Waals surface area contributed by atoms with E-state index in [-0.39, 0.29) is 5.69 Å². The summed E-state index contributed by atoms with van der Waals surface area (Å²) in [6, 6.07) is 13.6. The Morgan fingerprint density at radius 1 is 1.17 bits per heavy atom. The van der Waals surface area contributed by atoms with Gasteiger partial charge < -0.3 is 0 Å². The molecule has 0 atom stereocenters. The fraction of sp³-hybridized carbons (Fsp3) is 0.0625. The molecule has 1 aromatic heterocycles. The maximum atomic E-state index is 10.6. The van der Waals surface area contributed by atoms with Crippen LogP contribution in [-0.2, 0) is 7.05 Å². The minimum atomic E-state index is -0.448. The number of nitro benzene ring substituents is 1. The van der Waals surface area contributed by atoms with Crippen molar-refractivity contribution in [2.45, 2.75) is 0 Å². The average molecular weight is 342 g/mol. The Labute approximate surface area is 141 Å². The molecule has 0 bridgehead atoms. The van der Waals surface area contributed by atoms with Gasteiger partial charge in [-0.15, -0.1) is 5.10 Å². The van der Waals surface area contributed by atoms with Gasteiger partial charge in [0.15, 0.2) is 10.6 Å². The number of hydrogen-bond acceptors (Lipinski definition) is 5. The molecule has 0 N–H and O–H groups in total. The number of hydrogen-bond donors (Lipinski definition) is 0. The van der Waals surface area contributed by atoms with E-state index >= 15 is 0 Å². The van der Waals surface area contributed by atoms with Crippen molar-refractivity contribution in [1.29, 1.82) is 0 Å². The van der Waals surface area contributed by atoms with Crippen LogP contribution < -0.4 is 5.49 Å². The number of nitrogens with zero attached hydrogens (tertiary/aromatic N) is 5. The fourth-order valence-electron chi connectivity index (χ4n) is 2.22. The summed E-state index contributed by atoms with van der Waals surface area (Å²) in [4.78, 5) is 10.2. The molecule has 1 heterocycles. The van der Waals surface area contributed by atoms with E-state index < -0.39 is 4.92 Å². The van der Waals surface area contributed by atoms with Crippen LogP contribution >= 0.6 is 11.6 Å². The molecule has 0 radical (unpaired) electrons. The lowest BCUT2D eigenvalue weighted by molar-refractivity contribution is -0.384. The van der Waals surface area contributed by atoms with Crippen LogP contribution in [0.2, 0.25) is 5.15 Å². The van der Waals surface area contributed by atoms with Crippen molar-refractivity contribution in [3.8, 4) is 0 Å². The molecule has 0 fully saturated rings. The molecule has 0 unspecified atom stereocenters. The standard InChI is InChI=1S/C16H12ClN5O2/c1-21-16(14-5-3-2-4-13(14)15(17)20-21)19-18-10-11-6-8-12(9-7-11)22(23)24/h2-10H,1H3/b18-10+,19-16-. The topological polar surface area (TPSA) is 85.7 Å². The molecule has 0 aliphatic carbocycles. The second-order valence-electron chi connectivity index (χ2n) is 4.98. The summed E-state index contributed by atoms with van der Waals surface area (Å²) in [6.45, 7) is 0. The van der Waals surface area contributed by atoms with Crippen molar-refractivity contribution < 1.29 is 4.92 Å². The van der Waals surface area contributed by atoms with E-state index in [4.69, 9.17) is 11.6 Å². The lowest BCUT2D eigenvalue weighted by Crippen LogP contribution is -2.21. The summed E-state index contributed by atoms with van der Waals surface area (Å²) in [5.74, 6) is 0. The van der Waals surface area contributed by atoms with E-state index in [1.54, 1.807) is 23.9 Å². The van der Waals surface area contributed by atoms with E-state index in [2.05, 4.69) is 15.3 Å². The van der Waals surface area contributed by atoms with Gasteiger partial charge in [-0.05, 0) is 17.7 Å². The van der Waals surface area contributed by atoms with Gasteiger partial charge in [0, 0.05) is 30.0 Å². The Kier molecular flexibility index (Phi) is 4.35. The number of rotatable bonds is 3. The molecule has 2 aromatic carbocycles. The quantitative estimate of drug-likeness (QED) is 0.417. The van der Waals surface area contributed by atoms with Crippen molar-refractivity contribution in [3.63, 3.8) is 0 Å². The Bertz CT molecular complexity index is 1010. The van der Waals surface area contributed by atoms with Crippen LogP contribution in [0.15, 0.2) is 58.7 Å². The molecule has 0 aliphatic rings. The Morgan fingerprint density at radius 3 is 2.50 bits per heavy atom. The lowest BCUT2D eigenvalue weighted by atomic mass is 10.2. The van der Waals surface area contributed by atoms with Crippen molar-refractivity contribution >= 4 is 34.3 Å². The highest BCUT2D eigenvalue weighted by molar-refractivity contribution is 6.34. The summed E-state index contributed by atoms with van der Waals surface area (Å²) in [5, 5.41) is 25.1. The van der Waals surface area contributed by atoms with E-state index in [1.165, 1.54) is 18.3 Å². The number of nitro groups is 1. The normalized spacial score (nSPS) is 12.2. The molecule has 0 spiro atoms. The number of benzene rings is 2. The van der Waals surface area contributed by atoms with Crippen LogP contribution in [0.3, 0.4) is 0 Å². The number of aromatic nitrogens is 2. The van der Waals surface area contributed by atoms with E-state index in [9.17, 15) is 10.1 Å². The van der Waals surface area contributed by atoms with Crippen LogP contribution in [0, 0.1) is 10.1 Å². The molecule has 120 valence electrons. The Morgan fingerprint density at radius 2 is 1.83 bits per heavy atom. The zero-order valence-electron chi connectivity index (χ0n) is 12.6. The van der Waals surface area contributed by atoms with E-state index in [0.717, 1.165) is 10.8 Å². The van der Waals surface area contributed by atoms with Gasteiger partial charge in [0.25, 0.3) is 5.69 Å². The summed E-state index contributed by atoms with van der Waals surface area (Å²) in [5.41, 5.74) is 1.30. The van der Waals surface area contributed by atoms with Gasteiger partial charge in [0.05, 0.1) is 11.1 Å². The van der Waals surface area contributed by atoms with Crippen LogP contribution in [0.5, 0.6) is 0 Å². The van der Waals surface area contributed by atoms with E-state index in [1.807, 2.05) is 24.3 Å². The van der Waals surface area contributed by atoms with Crippen LogP contribution in [0.1, 0.15) is 5.56 Å². The van der Waals surface area contributed by atoms with E-state index in [0.29, 0.717) is 16.2 Å². The third kappa shape index (κ3) is 3.16. The van der Waals surface area contributed by atoms with Crippen LogP contribution in [0.4, 0.5) is 5.69 Å². The zero-order valence-corrected chi connectivity index (χ0v) is 13.4. The molecular formula is C16H12ClN5O2. The van der Waals surface area contributed by atoms with Crippen LogP contribution in [-0.4, -0.2) is 20.9 Å². The predicted molar refractivity (Wildman–Crippen MR) is 92.0 cm³/mol. The molecule has 0 saturated carbocycles. The molecule has 0 saturated heterocycles. The minimum absolute atomic E-state index is 0.0309. The highest BCUT2D eigenvalue weighted by Crippen LogP contribution is 2.17. The second-order valence-corrected chi connectivity index (χ2v) is 5.33. The van der Waals surface area contributed by atoms with Crippen molar-refractivity contribution in [2.75, 3.05) is 0 Å². The van der Waals surface area contributed by atoms with Gasteiger partial charge >= 0.3 is 0 Å². The van der Waals surface area contributed by atoms with Gasteiger partial charge in [0.1, 0.15) is 0 Å². The first-order chi connectivity index (χ1) is 11.6. The molecule has 0 amide bonds.